The van der Waals surface area contributed by atoms with Crippen LogP contribution in [-0.2, 0) is 9.59 Å². The number of halogens is 3. The largest absolute Gasteiger partial charge is 0.481 e. The van der Waals surface area contributed by atoms with Gasteiger partial charge in [0.15, 0.2) is 0 Å². The molecule has 0 aliphatic heterocycles. The van der Waals surface area contributed by atoms with E-state index in [2.05, 4.69) is 5.32 Å². The van der Waals surface area contributed by atoms with Gasteiger partial charge in [-0.05, 0) is 38.5 Å². The second-order valence-corrected chi connectivity index (χ2v) is 6.08. The lowest BCUT2D eigenvalue weighted by Crippen LogP contribution is -2.44. The summed E-state index contributed by atoms with van der Waals surface area (Å²) in [6.45, 7) is 0. The monoisotopic (exact) mass is 307 g/mol. The first kappa shape index (κ1) is 16.1. The molecule has 2 saturated carbocycles. The SMILES string of the molecule is O=C(O)[C@H]1CCC[C@H]1C(=O)NC1CCC(C(F)(F)F)CC1. The molecule has 2 aliphatic carbocycles. The Bertz CT molecular complexity index is 403. The fourth-order valence-electron chi connectivity index (χ4n) is 3.44. The fraction of sp³-hybridized carbons (Fsp3) is 0.857. The molecule has 0 heterocycles. The second-order valence-electron chi connectivity index (χ2n) is 6.08. The first-order valence-electron chi connectivity index (χ1n) is 7.39. The van der Waals surface area contributed by atoms with Crippen LogP contribution in [0.5, 0.6) is 0 Å². The summed E-state index contributed by atoms with van der Waals surface area (Å²) in [6.07, 6.45) is -1.75. The van der Waals surface area contributed by atoms with E-state index in [9.17, 15) is 22.8 Å². The van der Waals surface area contributed by atoms with E-state index < -0.39 is 29.9 Å². The Morgan fingerprint density at radius 2 is 1.52 bits per heavy atom. The van der Waals surface area contributed by atoms with Crippen LogP contribution in [0.4, 0.5) is 13.2 Å². The van der Waals surface area contributed by atoms with Crippen molar-refractivity contribution in [1.29, 1.82) is 0 Å². The van der Waals surface area contributed by atoms with Gasteiger partial charge in [-0.2, -0.15) is 13.2 Å². The van der Waals surface area contributed by atoms with Gasteiger partial charge in [0.25, 0.3) is 0 Å². The van der Waals surface area contributed by atoms with Crippen LogP contribution in [0.15, 0.2) is 0 Å². The molecular weight excluding hydrogens is 287 g/mol. The molecule has 4 nitrogen and oxygen atoms in total. The maximum Gasteiger partial charge on any atom is 0.391 e. The first-order chi connectivity index (χ1) is 9.79. The van der Waals surface area contributed by atoms with Crippen LogP contribution in [0.1, 0.15) is 44.9 Å². The standard InChI is InChI=1S/C14H20F3NO3/c15-14(16,17)8-4-6-9(7-5-8)18-12(19)10-2-1-3-11(10)13(20)21/h8-11H,1-7H2,(H,18,19)(H,20,21)/t8?,9?,10-,11+/m1/s1. The van der Waals surface area contributed by atoms with Gasteiger partial charge < -0.3 is 10.4 Å². The summed E-state index contributed by atoms with van der Waals surface area (Å²) >= 11 is 0. The van der Waals surface area contributed by atoms with Crippen molar-refractivity contribution >= 4 is 11.9 Å². The van der Waals surface area contributed by atoms with E-state index in [1.165, 1.54) is 0 Å². The van der Waals surface area contributed by atoms with Gasteiger partial charge in [-0.1, -0.05) is 6.42 Å². The van der Waals surface area contributed by atoms with Gasteiger partial charge in [0.1, 0.15) is 0 Å². The zero-order valence-corrected chi connectivity index (χ0v) is 11.7. The number of aliphatic carboxylic acids is 1. The van der Waals surface area contributed by atoms with E-state index in [0.29, 0.717) is 32.1 Å². The zero-order valence-electron chi connectivity index (χ0n) is 11.7. The molecule has 21 heavy (non-hydrogen) atoms. The van der Waals surface area contributed by atoms with Crippen LogP contribution in [0.2, 0.25) is 0 Å². The lowest BCUT2D eigenvalue weighted by Gasteiger charge is -2.31. The molecular formula is C14H20F3NO3. The molecule has 2 fully saturated rings. The Hall–Kier alpha value is -1.27. The zero-order chi connectivity index (χ0) is 15.6. The second kappa shape index (κ2) is 6.23. The number of carbonyl (C=O) groups excluding carboxylic acids is 1. The van der Waals surface area contributed by atoms with Crippen LogP contribution in [0, 0.1) is 17.8 Å². The minimum absolute atomic E-state index is 0.0292. The summed E-state index contributed by atoms with van der Waals surface area (Å²) in [7, 11) is 0. The summed E-state index contributed by atoms with van der Waals surface area (Å²) in [6, 6.07) is -0.258. The number of hydrogen-bond acceptors (Lipinski definition) is 2. The third-order valence-corrected chi connectivity index (χ3v) is 4.71. The van der Waals surface area contributed by atoms with E-state index in [-0.39, 0.29) is 24.8 Å². The molecule has 0 saturated heterocycles. The third-order valence-electron chi connectivity index (χ3n) is 4.71. The molecule has 0 aromatic rings. The van der Waals surface area contributed by atoms with Gasteiger partial charge in [0.05, 0.1) is 17.8 Å². The average molecular weight is 307 g/mol. The third kappa shape index (κ3) is 3.89. The molecule has 2 rings (SSSR count). The van der Waals surface area contributed by atoms with E-state index in [1.54, 1.807) is 0 Å². The van der Waals surface area contributed by atoms with Gasteiger partial charge in [-0.3, -0.25) is 9.59 Å². The molecule has 0 radical (unpaired) electrons. The van der Waals surface area contributed by atoms with Crippen LogP contribution in [-0.4, -0.2) is 29.2 Å². The number of alkyl halides is 3. The Kier molecular flexibility index (Phi) is 4.78. The highest BCUT2D eigenvalue weighted by Crippen LogP contribution is 2.38. The number of nitrogens with one attached hydrogen (secondary N) is 1. The number of rotatable bonds is 3. The highest BCUT2D eigenvalue weighted by atomic mass is 19.4. The molecule has 0 aromatic carbocycles. The number of hydrogen-bond donors (Lipinski definition) is 2. The number of carboxylic acids is 1. The van der Waals surface area contributed by atoms with E-state index in [1.807, 2.05) is 0 Å². The van der Waals surface area contributed by atoms with Crippen LogP contribution >= 0.6 is 0 Å². The fourth-order valence-corrected chi connectivity index (χ4v) is 3.44. The van der Waals surface area contributed by atoms with Crippen molar-refractivity contribution < 1.29 is 27.9 Å². The van der Waals surface area contributed by atoms with Crippen LogP contribution < -0.4 is 5.32 Å². The summed E-state index contributed by atoms with van der Waals surface area (Å²) in [5.41, 5.74) is 0. The molecule has 0 spiro atoms. The Labute approximate surface area is 121 Å². The van der Waals surface area contributed by atoms with E-state index in [4.69, 9.17) is 5.11 Å². The topological polar surface area (TPSA) is 66.4 Å². The normalized spacial score (nSPS) is 33.7. The minimum atomic E-state index is -4.16. The highest BCUT2D eigenvalue weighted by molar-refractivity contribution is 5.85. The molecule has 0 aromatic heterocycles. The maximum atomic E-state index is 12.6. The van der Waals surface area contributed by atoms with E-state index in [0.717, 1.165) is 0 Å². The van der Waals surface area contributed by atoms with E-state index >= 15 is 0 Å². The van der Waals surface area contributed by atoms with Gasteiger partial charge in [0.2, 0.25) is 5.91 Å². The van der Waals surface area contributed by atoms with Crippen molar-refractivity contribution in [3.63, 3.8) is 0 Å². The predicted octanol–water partition coefficient (Wildman–Crippen LogP) is 2.72. The summed E-state index contributed by atoms with van der Waals surface area (Å²) in [5.74, 6) is -3.74. The van der Waals surface area contributed by atoms with Gasteiger partial charge in [-0.15, -0.1) is 0 Å². The molecule has 2 atom stereocenters. The minimum Gasteiger partial charge on any atom is -0.481 e. The number of carboxylic acid groups (broad SMARTS) is 1. The lowest BCUT2D eigenvalue weighted by molar-refractivity contribution is -0.182. The number of carbonyl (C=O) groups is 2. The molecule has 120 valence electrons. The molecule has 2 aliphatic rings. The van der Waals surface area contributed by atoms with Crippen molar-refractivity contribution in [3.05, 3.63) is 0 Å². The summed E-state index contributed by atoms with van der Waals surface area (Å²) < 4.78 is 37.7. The quantitative estimate of drug-likeness (QED) is 0.842. The predicted molar refractivity (Wildman–Crippen MR) is 68.4 cm³/mol. The van der Waals surface area contributed by atoms with Crippen molar-refractivity contribution in [1.82, 2.24) is 5.32 Å². The summed E-state index contributed by atoms with van der Waals surface area (Å²) in [5, 5.41) is 11.8. The molecule has 7 heteroatoms. The lowest BCUT2D eigenvalue weighted by atomic mass is 9.85. The average Bonchev–Trinajstić information content (AvgIpc) is 2.87. The number of amides is 1. The maximum absolute atomic E-state index is 12.6. The van der Waals surface area contributed by atoms with Gasteiger partial charge >= 0.3 is 12.1 Å². The highest BCUT2D eigenvalue weighted by Gasteiger charge is 2.42. The van der Waals surface area contributed by atoms with Crippen molar-refractivity contribution in [2.24, 2.45) is 17.8 Å². The van der Waals surface area contributed by atoms with Crippen molar-refractivity contribution in [3.8, 4) is 0 Å². The molecule has 2 N–H and O–H groups in total. The Balaban J connectivity index is 1.83. The van der Waals surface area contributed by atoms with Crippen LogP contribution in [0.3, 0.4) is 0 Å². The van der Waals surface area contributed by atoms with Crippen molar-refractivity contribution in [2.75, 3.05) is 0 Å². The Morgan fingerprint density at radius 3 is 2.05 bits per heavy atom. The molecule has 0 bridgehead atoms. The molecule has 1 amide bonds. The smallest absolute Gasteiger partial charge is 0.391 e. The summed E-state index contributed by atoms with van der Waals surface area (Å²) in [4.78, 5) is 23.2. The van der Waals surface area contributed by atoms with Crippen molar-refractivity contribution in [2.45, 2.75) is 57.2 Å². The Morgan fingerprint density at radius 1 is 0.952 bits per heavy atom. The van der Waals surface area contributed by atoms with Gasteiger partial charge in [0, 0.05) is 6.04 Å². The molecule has 0 unspecified atom stereocenters. The first-order valence-corrected chi connectivity index (χ1v) is 7.39. The van der Waals surface area contributed by atoms with Crippen LogP contribution in [0.25, 0.3) is 0 Å². The van der Waals surface area contributed by atoms with Gasteiger partial charge in [-0.25, -0.2) is 0 Å².